The third kappa shape index (κ3) is 5.68. The van der Waals surface area contributed by atoms with E-state index in [-0.39, 0.29) is 36.1 Å². The molecule has 2 N–H and O–H groups in total. The van der Waals surface area contributed by atoms with Gasteiger partial charge in [-0.15, -0.1) is 6.42 Å². The number of hydrogen-bond donors (Lipinski definition) is 2. The molecule has 22 heavy (non-hydrogen) atoms. The summed E-state index contributed by atoms with van der Waals surface area (Å²) in [5, 5.41) is 2.49. The Bertz CT molecular complexity index is 672. The van der Waals surface area contributed by atoms with Crippen molar-refractivity contribution >= 4 is 21.7 Å². The van der Waals surface area contributed by atoms with Crippen molar-refractivity contribution in [1.82, 2.24) is 10.0 Å². The lowest BCUT2D eigenvalue weighted by Gasteiger charge is -2.07. The number of hydrogen-bond acceptors (Lipinski definition) is 4. The van der Waals surface area contributed by atoms with Gasteiger partial charge in [-0.3, -0.25) is 9.59 Å². The van der Waals surface area contributed by atoms with Gasteiger partial charge in [-0.25, -0.2) is 13.1 Å². The number of carbonyl (C=O) groups excluding carboxylic acids is 2. The summed E-state index contributed by atoms with van der Waals surface area (Å²) in [6.07, 6.45) is 5.56. The summed E-state index contributed by atoms with van der Waals surface area (Å²) in [6, 6.07) is 5.67. The van der Waals surface area contributed by atoms with E-state index in [1.54, 1.807) is 0 Å². The van der Waals surface area contributed by atoms with E-state index in [1.807, 2.05) is 0 Å². The zero-order valence-corrected chi connectivity index (χ0v) is 13.1. The third-order valence-electron chi connectivity index (χ3n) is 2.83. The van der Waals surface area contributed by atoms with Crippen LogP contribution in [0.2, 0.25) is 0 Å². The summed E-state index contributed by atoms with van der Waals surface area (Å²) in [4.78, 5) is 22.5. The molecule has 7 heteroatoms. The van der Waals surface area contributed by atoms with E-state index in [2.05, 4.69) is 16.0 Å². The standard InChI is InChI=1S/C15H18N2O4S/c1-3-10-16-15(19)5-4-11-17-22(20,21)14-8-6-13(7-9-14)12(2)18/h1,6-9,17H,4-5,10-11H2,2H3,(H,16,19). The van der Waals surface area contributed by atoms with Crippen molar-refractivity contribution in [1.29, 1.82) is 0 Å². The number of rotatable bonds is 8. The normalized spacial score (nSPS) is 10.7. The van der Waals surface area contributed by atoms with Crippen LogP contribution in [0.3, 0.4) is 0 Å². The molecule has 1 aromatic carbocycles. The molecule has 1 amide bonds. The van der Waals surface area contributed by atoms with E-state index in [0.717, 1.165) is 0 Å². The van der Waals surface area contributed by atoms with E-state index in [4.69, 9.17) is 6.42 Å². The molecule has 0 aromatic heterocycles. The first-order valence-electron chi connectivity index (χ1n) is 6.67. The minimum atomic E-state index is -3.64. The van der Waals surface area contributed by atoms with Gasteiger partial charge in [0.2, 0.25) is 15.9 Å². The number of benzene rings is 1. The lowest BCUT2D eigenvalue weighted by molar-refractivity contribution is -0.120. The minimum absolute atomic E-state index is 0.0780. The molecule has 0 aliphatic carbocycles. The van der Waals surface area contributed by atoms with E-state index in [9.17, 15) is 18.0 Å². The number of terminal acetylenes is 1. The smallest absolute Gasteiger partial charge is 0.240 e. The van der Waals surface area contributed by atoms with Gasteiger partial charge in [0.1, 0.15) is 0 Å². The Morgan fingerprint density at radius 3 is 2.41 bits per heavy atom. The first kappa shape index (κ1) is 17.9. The van der Waals surface area contributed by atoms with E-state index < -0.39 is 10.0 Å². The predicted molar refractivity (Wildman–Crippen MR) is 82.7 cm³/mol. The molecular formula is C15H18N2O4S. The first-order valence-corrected chi connectivity index (χ1v) is 8.16. The molecule has 0 saturated heterocycles. The fourth-order valence-electron chi connectivity index (χ4n) is 1.65. The molecule has 0 saturated carbocycles. The van der Waals surface area contributed by atoms with Crippen LogP contribution in [-0.2, 0) is 14.8 Å². The SMILES string of the molecule is C#CCNC(=O)CCCNS(=O)(=O)c1ccc(C(C)=O)cc1. The topological polar surface area (TPSA) is 92.3 Å². The fraction of sp³-hybridized carbons (Fsp3) is 0.333. The van der Waals surface area contributed by atoms with Crippen molar-refractivity contribution in [3.05, 3.63) is 29.8 Å². The van der Waals surface area contributed by atoms with Crippen LogP contribution in [0.4, 0.5) is 0 Å². The molecule has 0 radical (unpaired) electrons. The number of ketones is 1. The summed E-state index contributed by atoms with van der Waals surface area (Å²) < 4.78 is 26.4. The average Bonchev–Trinajstić information content (AvgIpc) is 2.49. The van der Waals surface area contributed by atoms with Gasteiger partial charge in [0, 0.05) is 18.5 Å². The number of Topliss-reactive ketones (excluding diaryl/α,β-unsaturated/α-hetero) is 1. The van der Waals surface area contributed by atoms with Crippen molar-refractivity contribution < 1.29 is 18.0 Å². The van der Waals surface area contributed by atoms with Gasteiger partial charge >= 0.3 is 0 Å². The Hall–Kier alpha value is -2.17. The molecule has 6 nitrogen and oxygen atoms in total. The molecule has 0 spiro atoms. The largest absolute Gasteiger partial charge is 0.345 e. The van der Waals surface area contributed by atoms with E-state index in [1.165, 1.54) is 31.2 Å². The predicted octanol–water partition coefficient (Wildman–Crippen LogP) is 0.697. The van der Waals surface area contributed by atoms with Gasteiger partial charge in [-0.2, -0.15) is 0 Å². The highest BCUT2D eigenvalue weighted by atomic mass is 32.2. The number of carbonyl (C=O) groups is 2. The molecule has 0 atom stereocenters. The van der Waals surface area contributed by atoms with Gasteiger partial charge in [0.25, 0.3) is 0 Å². The van der Waals surface area contributed by atoms with Crippen molar-refractivity contribution in [2.45, 2.75) is 24.7 Å². The van der Waals surface area contributed by atoms with Gasteiger partial charge in [-0.1, -0.05) is 18.1 Å². The molecular weight excluding hydrogens is 304 g/mol. The molecule has 1 rings (SSSR count). The van der Waals surface area contributed by atoms with Crippen LogP contribution in [-0.4, -0.2) is 33.2 Å². The number of sulfonamides is 1. The van der Waals surface area contributed by atoms with Crippen LogP contribution < -0.4 is 10.0 Å². The van der Waals surface area contributed by atoms with Crippen LogP contribution in [0, 0.1) is 12.3 Å². The molecule has 0 fully saturated rings. The lowest BCUT2D eigenvalue weighted by Crippen LogP contribution is -2.27. The fourth-order valence-corrected chi connectivity index (χ4v) is 2.72. The van der Waals surface area contributed by atoms with Gasteiger partial charge in [-0.05, 0) is 25.5 Å². The zero-order valence-electron chi connectivity index (χ0n) is 12.3. The quantitative estimate of drug-likeness (QED) is 0.418. The third-order valence-corrected chi connectivity index (χ3v) is 4.31. The molecule has 1 aromatic rings. The number of nitrogens with one attached hydrogen (secondary N) is 2. The van der Waals surface area contributed by atoms with Crippen molar-refractivity contribution in [3.63, 3.8) is 0 Å². The Kier molecular flexibility index (Phi) is 6.76. The highest BCUT2D eigenvalue weighted by molar-refractivity contribution is 7.89. The molecule has 0 aliphatic heterocycles. The van der Waals surface area contributed by atoms with Crippen molar-refractivity contribution in [2.24, 2.45) is 0 Å². The highest BCUT2D eigenvalue weighted by Gasteiger charge is 2.13. The van der Waals surface area contributed by atoms with Gasteiger partial charge in [0.15, 0.2) is 5.78 Å². The summed E-state index contributed by atoms with van der Waals surface area (Å²) in [5.74, 6) is 1.93. The minimum Gasteiger partial charge on any atom is -0.345 e. The second-order valence-corrected chi connectivity index (χ2v) is 6.33. The maximum absolute atomic E-state index is 12.0. The van der Waals surface area contributed by atoms with Crippen molar-refractivity contribution in [3.8, 4) is 12.3 Å². The van der Waals surface area contributed by atoms with Crippen LogP contribution in [0.15, 0.2) is 29.2 Å². The van der Waals surface area contributed by atoms with Crippen LogP contribution >= 0.6 is 0 Å². The molecule has 0 bridgehead atoms. The average molecular weight is 322 g/mol. The monoisotopic (exact) mass is 322 g/mol. The van der Waals surface area contributed by atoms with Gasteiger partial charge in [0.05, 0.1) is 11.4 Å². The second-order valence-electron chi connectivity index (χ2n) is 4.56. The van der Waals surface area contributed by atoms with Crippen LogP contribution in [0.1, 0.15) is 30.1 Å². The number of amides is 1. The van der Waals surface area contributed by atoms with Crippen LogP contribution in [0.5, 0.6) is 0 Å². The first-order chi connectivity index (χ1) is 10.4. The van der Waals surface area contributed by atoms with E-state index in [0.29, 0.717) is 12.0 Å². The molecule has 0 heterocycles. The molecule has 0 aliphatic rings. The lowest BCUT2D eigenvalue weighted by atomic mass is 10.2. The Morgan fingerprint density at radius 1 is 1.23 bits per heavy atom. The summed E-state index contributed by atoms with van der Waals surface area (Å²) >= 11 is 0. The maximum Gasteiger partial charge on any atom is 0.240 e. The van der Waals surface area contributed by atoms with Crippen LogP contribution in [0.25, 0.3) is 0 Å². The summed E-state index contributed by atoms with van der Waals surface area (Å²) in [6.45, 7) is 1.71. The Labute approximate surface area is 130 Å². The second kappa shape index (κ2) is 8.32. The van der Waals surface area contributed by atoms with Gasteiger partial charge < -0.3 is 5.32 Å². The maximum atomic E-state index is 12.0. The molecule has 118 valence electrons. The zero-order chi connectivity index (χ0) is 16.6. The van der Waals surface area contributed by atoms with Crippen molar-refractivity contribution in [2.75, 3.05) is 13.1 Å². The highest BCUT2D eigenvalue weighted by Crippen LogP contribution is 2.11. The Balaban J connectivity index is 2.49. The van der Waals surface area contributed by atoms with E-state index >= 15 is 0 Å². The Morgan fingerprint density at radius 2 is 1.86 bits per heavy atom. The summed E-state index contributed by atoms with van der Waals surface area (Å²) in [7, 11) is -3.64. The summed E-state index contributed by atoms with van der Waals surface area (Å²) in [5.41, 5.74) is 0.448. The molecule has 0 unspecified atom stereocenters.